The van der Waals surface area contributed by atoms with E-state index in [0.29, 0.717) is 18.8 Å². The van der Waals surface area contributed by atoms with Crippen molar-refractivity contribution in [3.05, 3.63) is 60.2 Å². The zero-order valence-electron chi connectivity index (χ0n) is 18.1. The van der Waals surface area contributed by atoms with Crippen molar-refractivity contribution in [1.82, 2.24) is 4.90 Å². The van der Waals surface area contributed by atoms with Crippen molar-refractivity contribution in [2.45, 2.75) is 47.0 Å². The maximum atomic E-state index is 13.1. The molecule has 2 amide bonds. The van der Waals surface area contributed by atoms with Gasteiger partial charge in [-0.15, -0.1) is 11.8 Å². The van der Waals surface area contributed by atoms with Crippen LogP contribution in [0.5, 0.6) is 0 Å². The van der Waals surface area contributed by atoms with Crippen molar-refractivity contribution in [3.63, 3.8) is 0 Å². The van der Waals surface area contributed by atoms with Gasteiger partial charge in [-0.3, -0.25) is 9.59 Å². The number of anilines is 1. The second-order valence-electron chi connectivity index (χ2n) is 8.15. The van der Waals surface area contributed by atoms with E-state index >= 15 is 0 Å². The molecule has 168 valence electrons. The highest BCUT2D eigenvalue weighted by Crippen LogP contribution is 2.37. The van der Waals surface area contributed by atoms with E-state index in [1.54, 1.807) is 30.9 Å². The number of amides is 2. The van der Waals surface area contributed by atoms with Gasteiger partial charge in [0.15, 0.2) is 9.84 Å². The van der Waals surface area contributed by atoms with Gasteiger partial charge in [0.05, 0.1) is 21.1 Å². The first-order chi connectivity index (χ1) is 15.3. The molecule has 2 aliphatic heterocycles. The van der Waals surface area contributed by atoms with Crippen LogP contribution < -0.4 is 5.32 Å². The predicted octanol–water partition coefficient (Wildman–Crippen LogP) is 3.99. The van der Waals surface area contributed by atoms with Gasteiger partial charge in [0.25, 0.3) is 0 Å². The third-order valence-corrected chi connectivity index (χ3v) is 9.22. The molecule has 2 aromatic carbocycles. The largest absolute Gasteiger partial charge is 0.339 e. The monoisotopic (exact) mass is 470 g/mol. The molecule has 0 aliphatic carbocycles. The van der Waals surface area contributed by atoms with E-state index in [-0.39, 0.29) is 28.4 Å². The summed E-state index contributed by atoms with van der Waals surface area (Å²) < 4.78 is 26.2. The first kappa shape index (κ1) is 22.6. The van der Waals surface area contributed by atoms with Gasteiger partial charge in [-0.2, -0.15) is 0 Å². The van der Waals surface area contributed by atoms with Gasteiger partial charge >= 0.3 is 0 Å². The first-order valence-electron chi connectivity index (χ1n) is 10.6. The van der Waals surface area contributed by atoms with E-state index in [0.717, 1.165) is 16.9 Å². The van der Waals surface area contributed by atoms with Crippen LogP contribution in [0.15, 0.2) is 64.4 Å². The number of rotatable bonds is 5. The summed E-state index contributed by atoms with van der Waals surface area (Å²) in [7, 11) is -3.71. The van der Waals surface area contributed by atoms with Crippen molar-refractivity contribution in [2.75, 3.05) is 18.4 Å². The summed E-state index contributed by atoms with van der Waals surface area (Å²) in [6, 6.07) is 14.8. The van der Waals surface area contributed by atoms with Crippen LogP contribution in [0.3, 0.4) is 0 Å². The second-order valence-corrected chi connectivity index (χ2v) is 11.9. The summed E-state index contributed by atoms with van der Waals surface area (Å²) in [6.45, 7) is 4.43. The fraction of sp³-hybridized carbons (Fsp3) is 0.333. The molecule has 32 heavy (non-hydrogen) atoms. The Labute approximate surface area is 193 Å². The quantitative estimate of drug-likeness (QED) is 0.715. The molecule has 0 aromatic heterocycles. The van der Waals surface area contributed by atoms with Crippen molar-refractivity contribution in [3.8, 4) is 0 Å². The summed E-state index contributed by atoms with van der Waals surface area (Å²) in [6.07, 6.45) is 2.71. The summed E-state index contributed by atoms with van der Waals surface area (Å²) in [5.41, 5.74) is 2.87. The summed E-state index contributed by atoms with van der Waals surface area (Å²) in [4.78, 5) is 27.4. The SMILES string of the molecule is C[C@@H]1Sc2ccc(S(=O)(=O)[C@H](C)CC(=O)N3CC=C(c4ccccc4)CC3)cc2NC1=O. The molecule has 0 unspecified atom stereocenters. The minimum atomic E-state index is -3.71. The lowest BCUT2D eigenvalue weighted by molar-refractivity contribution is -0.130. The Kier molecular flexibility index (Phi) is 6.44. The molecule has 6 nitrogen and oxygen atoms in total. The third-order valence-electron chi connectivity index (χ3n) is 5.91. The minimum Gasteiger partial charge on any atom is -0.339 e. The Hall–Kier alpha value is -2.58. The molecule has 2 atom stereocenters. The molecular formula is C24H26N2O4S2. The number of hydrogen-bond acceptors (Lipinski definition) is 5. The van der Waals surface area contributed by atoms with Crippen LogP contribution in [0.1, 0.15) is 32.3 Å². The maximum absolute atomic E-state index is 13.1. The summed E-state index contributed by atoms with van der Waals surface area (Å²) in [5, 5.41) is 1.68. The number of carbonyl (C=O) groups excluding carboxylic acids is 2. The van der Waals surface area contributed by atoms with Gasteiger partial charge in [0.2, 0.25) is 11.8 Å². The minimum absolute atomic E-state index is 0.0773. The molecule has 2 aliphatic rings. The molecule has 0 saturated carbocycles. The zero-order valence-corrected chi connectivity index (χ0v) is 19.7. The smallest absolute Gasteiger partial charge is 0.237 e. The van der Waals surface area contributed by atoms with Crippen LogP contribution in [-0.4, -0.2) is 48.7 Å². The number of nitrogens with one attached hydrogen (secondary N) is 1. The molecule has 0 fully saturated rings. The van der Waals surface area contributed by atoms with E-state index in [9.17, 15) is 18.0 Å². The molecular weight excluding hydrogens is 444 g/mol. The van der Waals surface area contributed by atoms with Crippen molar-refractivity contribution in [2.24, 2.45) is 0 Å². The number of benzene rings is 2. The van der Waals surface area contributed by atoms with Crippen LogP contribution in [-0.2, 0) is 19.4 Å². The standard InChI is InChI=1S/C24H26N2O4S2/c1-16(14-23(27)26-12-10-19(11-13-26)18-6-4-3-5-7-18)32(29,30)20-8-9-22-21(15-20)25-24(28)17(2)31-22/h3-10,15-17H,11-14H2,1-2H3,(H,25,28)/t16-,17+/m1/s1. The summed E-state index contributed by atoms with van der Waals surface area (Å²) in [5.74, 6) is -0.312. The van der Waals surface area contributed by atoms with E-state index in [4.69, 9.17) is 0 Å². The molecule has 0 radical (unpaired) electrons. The van der Waals surface area contributed by atoms with E-state index in [2.05, 4.69) is 17.4 Å². The number of sulfone groups is 1. The van der Waals surface area contributed by atoms with Gasteiger partial charge in [-0.25, -0.2) is 8.42 Å². The van der Waals surface area contributed by atoms with Gasteiger partial charge in [-0.1, -0.05) is 36.4 Å². The topological polar surface area (TPSA) is 83.6 Å². The highest BCUT2D eigenvalue weighted by Gasteiger charge is 2.30. The predicted molar refractivity (Wildman–Crippen MR) is 127 cm³/mol. The van der Waals surface area contributed by atoms with Crippen molar-refractivity contribution < 1.29 is 18.0 Å². The Balaban J connectivity index is 1.43. The Morgan fingerprint density at radius 3 is 2.66 bits per heavy atom. The number of nitrogens with zero attached hydrogens (tertiary/aromatic N) is 1. The van der Waals surface area contributed by atoms with Crippen LogP contribution in [0, 0.1) is 0 Å². The fourth-order valence-corrected chi connectivity index (χ4v) is 6.19. The first-order valence-corrected chi connectivity index (χ1v) is 13.1. The van der Waals surface area contributed by atoms with Gasteiger partial charge in [0, 0.05) is 24.4 Å². The Morgan fingerprint density at radius 1 is 1.22 bits per heavy atom. The third kappa shape index (κ3) is 4.61. The van der Waals surface area contributed by atoms with E-state index in [1.807, 2.05) is 24.3 Å². The van der Waals surface area contributed by atoms with Crippen molar-refractivity contribution >= 4 is 44.7 Å². The van der Waals surface area contributed by atoms with Crippen LogP contribution in [0.4, 0.5) is 5.69 Å². The molecule has 2 aromatic rings. The van der Waals surface area contributed by atoms with E-state index < -0.39 is 15.1 Å². The lowest BCUT2D eigenvalue weighted by Crippen LogP contribution is -2.37. The average Bonchev–Trinajstić information content (AvgIpc) is 2.80. The zero-order chi connectivity index (χ0) is 22.9. The van der Waals surface area contributed by atoms with Gasteiger partial charge in [-0.05, 0) is 49.6 Å². The molecule has 0 spiro atoms. The highest BCUT2D eigenvalue weighted by molar-refractivity contribution is 8.01. The van der Waals surface area contributed by atoms with Crippen LogP contribution in [0.25, 0.3) is 5.57 Å². The maximum Gasteiger partial charge on any atom is 0.237 e. The Morgan fingerprint density at radius 2 is 1.97 bits per heavy atom. The second kappa shape index (κ2) is 9.11. The molecule has 4 rings (SSSR count). The van der Waals surface area contributed by atoms with Gasteiger partial charge < -0.3 is 10.2 Å². The fourth-order valence-electron chi connectivity index (χ4n) is 3.89. The lowest BCUT2D eigenvalue weighted by atomic mass is 9.99. The number of hydrogen-bond donors (Lipinski definition) is 1. The number of carbonyl (C=O) groups is 2. The van der Waals surface area contributed by atoms with Crippen molar-refractivity contribution in [1.29, 1.82) is 0 Å². The van der Waals surface area contributed by atoms with Crippen LogP contribution in [0.2, 0.25) is 0 Å². The molecule has 2 heterocycles. The molecule has 1 N–H and O–H groups in total. The summed E-state index contributed by atoms with van der Waals surface area (Å²) >= 11 is 1.40. The average molecular weight is 471 g/mol. The number of thioether (sulfide) groups is 1. The molecule has 8 heteroatoms. The molecule has 0 saturated heterocycles. The lowest BCUT2D eigenvalue weighted by Gasteiger charge is -2.28. The Bertz CT molecular complexity index is 1180. The normalized spacial score (nSPS) is 19.6. The van der Waals surface area contributed by atoms with Gasteiger partial charge in [0.1, 0.15) is 0 Å². The highest BCUT2D eigenvalue weighted by atomic mass is 32.2. The number of fused-ring (bicyclic) bond motifs is 1. The van der Waals surface area contributed by atoms with E-state index in [1.165, 1.54) is 23.4 Å². The molecule has 0 bridgehead atoms. The van der Waals surface area contributed by atoms with Crippen LogP contribution >= 0.6 is 11.8 Å².